The third kappa shape index (κ3) is 4.49. The number of hydrogen-bond acceptors (Lipinski definition) is 3. The van der Waals surface area contributed by atoms with Crippen molar-refractivity contribution in [2.24, 2.45) is 23.2 Å². The smallest absolute Gasteiger partial charge is 0.408 e. The van der Waals surface area contributed by atoms with Crippen molar-refractivity contribution in [3.05, 3.63) is 12.7 Å². The van der Waals surface area contributed by atoms with Crippen LogP contribution in [0.5, 0.6) is 0 Å². The summed E-state index contributed by atoms with van der Waals surface area (Å²) in [4.78, 5) is 23.5. The lowest BCUT2D eigenvalue weighted by Crippen LogP contribution is -2.50. The van der Waals surface area contributed by atoms with E-state index in [2.05, 4.69) is 11.9 Å². The molecule has 5 nitrogen and oxygen atoms in total. The van der Waals surface area contributed by atoms with Crippen molar-refractivity contribution >= 4 is 12.1 Å². The average molecular weight is 323 g/mol. The Balaban J connectivity index is 1.88. The van der Waals surface area contributed by atoms with Crippen molar-refractivity contribution < 1.29 is 19.4 Å². The fourth-order valence-electron chi connectivity index (χ4n) is 3.79. The van der Waals surface area contributed by atoms with Gasteiger partial charge in [0.15, 0.2) is 0 Å². The van der Waals surface area contributed by atoms with Crippen LogP contribution >= 0.6 is 0 Å². The second kappa shape index (κ2) is 6.93. The van der Waals surface area contributed by atoms with E-state index in [1.807, 2.05) is 6.08 Å². The first-order valence-electron chi connectivity index (χ1n) is 8.55. The zero-order chi connectivity index (χ0) is 17.2. The summed E-state index contributed by atoms with van der Waals surface area (Å²) in [6, 6.07) is -0.954. The number of carbonyl (C=O) groups is 2. The Bertz CT molecular complexity index is 468. The largest absolute Gasteiger partial charge is 0.480 e. The number of carbonyl (C=O) groups excluding carboxylic acids is 1. The Morgan fingerprint density at radius 1 is 1.39 bits per heavy atom. The first-order valence-corrected chi connectivity index (χ1v) is 8.55. The standard InChI is InChI=1S/C18H29NO4/c1-5-6-7-8-12-13-9-11(13)10-14(12)23-17(22)19-15(16(20)21)18(2,3)4/h5,11-15H,1,6-10H2,2-4H3,(H,19,22)(H,20,21)/t11?,12-,13+,14-,15+/m0/s1. The number of amides is 1. The number of rotatable bonds is 7. The van der Waals surface area contributed by atoms with Gasteiger partial charge in [-0.2, -0.15) is 0 Å². The van der Waals surface area contributed by atoms with Gasteiger partial charge in [-0.05, 0) is 55.3 Å². The van der Waals surface area contributed by atoms with E-state index in [-0.39, 0.29) is 6.10 Å². The molecular formula is C18H29NO4. The molecular weight excluding hydrogens is 294 g/mol. The lowest BCUT2D eigenvalue weighted by molar-refractivity contribution is -0.142. The maximum atomic E-state index is 12.1. The maximum Gasteiger partial charge on any atom is 0.408 e. The molecule has 1 unspecified atom stereocenters. The Morgan fingerprint density at radius 3 is 2.65 bits per heavy atom. The summed E-state index contributed by atoms with van der Waals surface area (Å²) >= 11 is 0. The first-order chi connectivity index (χ1) is 10.7. The van der Waals surface area contributed by atoms with Gasteiger partial charge in [0.2, 0.25) is 0 Å². The van der Waals surface area contributed by atoms with Crippen molar-refractivity contribution in [2.45, 2.75) is 65.0 Å². The second-order valence-electron chi connectivity index (χ2n) is 8.00. The number of hydrogen-bond donors (Lipinski definition) is 2. The number of unbranched alkanes of at least 4 members (excludes halogenated alkanes) is 1. The van der Waals surface area contributed by atoms with Gasteiger partial charge in [0, 0.05) is 0 Å². The van der Waals surface area contributed by atoms with Crippen LogP contribution in [-0.2, 0) is 9.53 Å². The zero-order valence-electron chi connectivity index (χ0n) is 14.4. The van der Waals surface area contributed by atoms with Crippen LogP contribution < -0.4 is 5.32 Å². The van der Waals surface area contributed by atoms with Gasteiger partial charge in [0.1, 0.15) is 12.1 Å². The van der Waals surface area contributed by atoms with E-state index in [0.717, 1.165) is 25.7 Å². The highest BCUT2D eigenvalue weighted by Gasteiger charge is 2.54. The molecule has 2 saturated carbocycles. The van der Waals surface area contributed by atoms with Gasteiger partial charge in [-0.15, -0.1) is 6.58 Å². The number of nitrogens with one attached hydrogen (secondary N) is 1. The van der Waals surface area contributed by atoms with E-state index in [9.17, 15) is 14.7 Å². The number of alkyl carbamates (subject to hydrolysis) is 1. The molecule has 0 aromatic rings. The van der Waals surface area contributed by atoms with Crippen LogP contribution in [0.2, 0.25) is 0 Å². The van der Waals surface area contributed by atoms with E-state index < -0.39 is 23.5 Å². The normalized spacial score (nSPS) is 30.2. The number of carboxylic acid groups (broad SMARTS) is 1. The highest BCUT2D eigenvalue weighted by molar-refractivity contribution is 5.80. The molecule has 2 fully saturated rings. The Labute approximate surface area is 138 Å². The molecule has 0 aromatic carbocycles. The third-order valence-corrected chi connectivity index (χ3v) is 5.12. The summed E-state index contributed by atoms with van der Waals surface area (Å²) in [6.45, 7) is 9.10. The van der Waals surface area contributed by atoms with Crippen LogP contribution in [0.15, 0.2) is 12.7 Å². The molecule has 0 spiro atoms. The molecule has 0 saturated heterocycles. The van der Waals surface area contributed by atoms with Crippen LogP contribution in [-0.4, -0.2) is 29.3 Å². The van der Waals surface area contributed by atoms with Crippen LogP contribution in [0, 0.1) is 23.2 Å². The fourth-order valence-corrected chi connectivity index (χ4v) is 3.79. The molecule has 5 atom stereocenters. The van der Waals surface area contributed by atoms with Gasteiger partial charge < -0.3 is 15.2 Å². The lowest BCUT2D eigenvalue weighted by atomic mass is 9.87. The number of allylic oxidation sites excluding steroid dienone is 1. The summed E-state index contributed by atoms with van der Waals surface area (Å²) in [5.74, 6) is 0.768. The predicted molar refractivity (Wildman–Crippen MR) is 88.0 cm³/mol. The quantitative estimate of drug-likeness (QED) is 0.554. The van der Waals surface area contributed by atoms with Crippen LogP contribution in [0.4, 0.5) is 4.79 Å². The number of fused-ring (bicyclic) bond motifs is 1. The summed E-state index contributed by atoms with van der Waals surface area (Å²) in [5, 5.41) is 11.8. The SMILES string of the molecule is C=CCCC[C@@H]1[C@@H](OC(=O)N[C@H](C(=O)O)C(C)(C)C)CC2C[C@H]21. The monoisotopic (exact) mass is 323 g/mol. The minimum absolute atomic E-state index is 0.0713. The number of carboxylic acids is 1. The molecule has 0 radical (unpaired) electrons. The van der Waals surface area contributed by atoms with Gasteiger partial charge in [0.05, 0.1) is 0 Å². The maximum absolute atomic E-state index is 12.1. The van der Waals surface area contributed by atoms with Gasteiger partial charge in [-0.1, -0.05) is 26.8 Å². The molecule has 2 aliphatic rings. The van der Waals surface area contributed by atoms with Crippen molar-refractivity contribution in [1.29, 1.82) is 0 Å². The average Bonchev–Trinajstić information content (AvgIpc) is 3.11. The fraction of sp³-hybridized carbons (Fsp3) is 0.778. The molecule has 0 heterocycles. The molecule has 0 bridgehead atoms. The topological polar surface area (TPSA) is 75.6 Å². The number of aliphatic carboxylic acids is 1. The van der Waals surface area contributed by atoms with Crippen molar-refractivity contribution in [2.75, 3.05) is 0 Å². The van der Waals surface area contributed by atoms with E-state index in [1.165, 1.54) is 6.42 Å². The summed E-state index contributed by atoms with van der Waals surface area (Å²) < 4.78 is 5.59. The van der Waals surface area contributed by atoms with Crippen LogP contribution in [0.25, 0.3) is 0 Å². The molecule has 130 valence electrons. The Hall–Kier alpha value is -1.52. The van der Waals surface area contributed by atoms with Crippen molar-refractivity contribution in [1.82, 2.24) is 5.32 Å². The molecule has 1 amide bonds. The third-order valence-electron chi connectivity index (χ3n) is 5.12. The Kier molecular flexibility index (Phi) is 5.37. The minimum Gasteiger partial charge on any atom is -0.480 e. The molecule has 5 heteroatoms. The van der Waals surface area contributed by atoms with Gasteiger partial charge in [-0.3, -0.25) is 0 Å². The second-order valence-corrected chi connectivity index (χ2v) is 8.00. The zero-order valence-corrected chi connectivity index (χ0v) is 14.4. The summed E-state index contributed by atoms with van der Waals surface area (Å²) in [5.41, 5.74) is -0.563. The van der Waals surface area contributed by atoms with E-state index >= 15 is 0 Å². The molecule has 2 rings (SSSR count). The van der Waals surface area contributed by atoms with E-state index in [1.54, 1.807) is 20.8 Å². The lowest BCUT2D eigenvalue weighted by Gasteiger charge is -2.29. The van der Waals surface area contributed by atoms with Gasteiger partial charge in [-0.25, -0.2) is 9.59 Å². The summed E-state index contributed by atoms with van der Waals surface area (Å²) in [7, 11) is 0. The molecule has 0 aromatic heterocycles. The first kappa shape index (κ1) is 17.8. The van der Waals surface area contributed by atoms with Crippen LogP contribution in [0.1, 0.15) is 52.9 Å². The van der Waals surface area contributed by atoms with Gasteiger partial charge >= 0.3 is 12.1 Å². The van der Waals surface area contributed by atoms with Crippen LogP contribution in [0.3, 0.4) is 0 Å². The van der Waals surface area contributed by atoms with Crippen molar-refractivity contribution in [3.8, 4) is 0 Å². The Morgan fingerprint density at radius 2 is 2.09 bits per heavy atom. The molecule has 23 heavy (non-hydrogen) atoms. The highest BCUT2D eigenvalue weighted by atomic mass is 16.6. The minimum atomic E-state index is -1.04. The van der Waals surface area contributed by atoms with Crippen molar-refractivity contribution in [3.63, 3.8) is 0 Å². The highest BCUT2D eigenvalue weighted by Crippen LogP contribution is 2.57. The molecule has 2 aliphatic carbocycles. The number of ether oxygens (including phenoxy) is 1. The van der Waals surface area contributed by atoms with E-state index in [0.29, 0.717) is 17.8 Å². The molecule has 2 N–H and O–H groups in total. The van der Waals surface area contributed by atoms with E-state index in [4.69, 9.17) is 4.74 Å². The molecule has 0 aliphatic heterocycles. The van der Waals surface area contributed by atoms with Gasteiger partial charge in [0.25, 0.3) is 0 Å². The summed E-state index contributed by atoms with van der Waals surface area (Å²) in [6.07, 6.45) is 6.51. The predicted octanol–water partition coefficient (Wildman–Crippen LogP) is 3.59.